The molecule has 0 saturated heterocycles. The van der Waals surface area contributed by atoms with Gasteiger partial charge in [0.25, 0.3) is 0 Å². The first kappa shape index (κ1) is 5.87. The maximum Gasteiger partial charge on any atom is -0.0169 e. The zero-order chi connectivity index (χ0) is 6.31. The summed E-state index contributed by atoms with van der Waals surface area (Å²) in [5.74, 6) is 1.71. The molecule has 0 aromatic heterocycles. The monoisotopic (exact) mass is 110 g/mol. The van der Waals surface area contributed by atoms with E-state index in [0.717, 1.165) is 11.8 Å². The van der Waals surface area contributed by atoms with Gasteiger partial charge in [-0.25, -0.2) is 0 Å². The van der Waals surface area contributed by atoms with Crippen LogP contribution in [0.1, 0.15) is 27.7 Å². The molecule has 0 amide bonds. The van der Waals surface area contributed by atoms with Crippen LogP contribution in [0.4, 0.5) is 0 Å². The van der Waals surface area contributed by atoms with Gasteiger partial charge in [-0.05, 0) is 25.7 Å². The molecule has 8 heavy (non-hydrogen) atoms. The molecule has 0 unspecified atom stereocenters. The molecule has 0 aromatic carbocycles. The van der Waals surface area contributed by atoms with Crippen LogP contribution in [0.2, 0.25) is 0 Å². The summed E-state index contributed by atoms with van der Waals surface area (Å²) in [5.41, 5.74) is 3.22. The fourth-order valence-electron chi connectivity index (χ4n) is 1.37. The molecule has 1 rings (SSSR count). The van der Waals surface area contributed by atoms with Crippen molar-refractivity contribution in [3.05, 3.63) is 11.1 Å². The lowest BCUT2D eigenvalue weighted by Crippen LogP contribution is -2.22. The molecule has 0 heterocycles. The Bertz CT molecular complexity index is 115. The SMILES string of the molecule is CC1=C(C)[C@H](C)[C@@H]1C. The van der Waals surface area contributed by atoms with Gasteiger partial charge in [0.2, 0.25) is 0 Å². The van der Waals surface area contributed by atoms with Crippen molar-refractivity contribution >= 4 is 0 Å². The molecule has 0 nitrogen and oxygen atoms in total. The smallest absolute Gasteiger partial charge is 0.0169 e. The number of allylic oxidation sites excluding steroid dienone is 2. The van der Waals surface area contributed by atoms with Crippen LogP contribution in [-0.2, 0) is 0 Å². The van der Waals surface area contributed by atoms with E-state index in [1.807, 2.05) is 0 Å². The van der Waals surface area contributed by atoms with Crippen molar-refractivity contribution < 1.29 is 0 Å². The fraction of sp³-hybridized carbons (Fsp3) is 0.750. The maximum atomic E-state index is 2.30. The Hall–Kier alpha value is -0.260. The van der Waals surface area contributed by atoms with E-state index in [0.29, 0.717) is 0 Å². The van der Waals surface area contributed by atoms with Gasteiger partial charge in [0, 0.05) is 0 Å². The van der Waals surface area contributed by atoms with Gasteiger partial charge >= 0.3 is 0 Å². The highest BCUT2D eigenvalue weighted by Gasteiger charge is 2.26. The van der Waals surface area contributed by atoms with Crippen LogP contribution >= 0.6 is 0 Å². The minimum atomic E-state index is 0.856. The van der Waals surface area contributed by atoms with Crippen LogP contribution in [0.25, 0.3) is 0 Å². The van der Waals surface area contributed by atoms with Gasteiger partial charge in [-0.1, -0.05) is 25.0 Å². The van der Waals surface area contributed by atoms with Crippen molar-refractivity contribution in [3.63, 3.8) is 0 Å². The van der Waals surface area contributed by atoms with Gasteiger partial charge < -0.3 is 0 Å². The first-order valence-electron chi connectivity index (χ1n) is 3.32. The highest BCUT2D eigenvalue weighted by atomic mass is 14.3. The second-order valence-corrected chi connectivity index (χ2v) is 2.94. The van der Waals surface area contributed by atoms with Crippen molar-refractivity contribution in [1.82, 2.24) is 0 Å². The molecule has 0 saturated carbocycles. The predicted molar refractivity (Wildman–Crippen MR) is 36.7 cm³/mol. The van der Waals surface area contributed by atoms with E-state index >= 15 is 0 Å². The van der Waals surface area contributed by atoms with E-state index in [9.17, 15) is 0 Å². The lowest BCUT2D eigenvalue weighted by Gasteiger charge is -2.34. The quantitative estimate of drug-likeness (QED) is 0.420. The van der Waals surface area contributed by atoms with Gasteiger partial charge in [-0.2, -0.15) is 0 Å². The molecule has 0 radical (unpaired) electrons. The van der Waals surface area contributed by atoms with E-state index in [2.05, 4.69) is 27.7 Å². The number of hydrogen-bond donors (Lipinski definition) is 0. The molecular weight excluding hydrogens is 96.1 g/mol. The lowest BCUT2D eigenvalue weighted by atomic mass is 9.71. The maximum absolute atomic E-state index is 2.30. The van der Waals surface area contributed by atoms with Crippen LogP contribution in [0.5, 0.6) is 0 Å². The second kappa shape index (κ2) is 1.61. The Labute approximate surface area is 51.6 Å². The summed E-state index contributed by atoms with van der Waals surface area (Å²) in [6.45, 7) is 9.07. The van der Waals surface area contributed by atoms with Crippen molar-refractivity contribution in [3.8, 4) is 0 Å². The standard InChI is InChI=1S/C8H14/c1-5-6(2)8(4)7(5)3/h5-6H,1-4H3/t5-,6+. The number of rotatable bonds is 0. The molecule has 0 aromatic rings. The van der Waals surface area contributed by atoms with E-state index in [1.165, 1.54) is 0 Å². The summed E-state index contributed by atoms with van der Waals surface area (Å²) < 4.78 is 0. The summed E-state index contributed by atoms with van der Waals surface area (Å²) >= 11 is 0. The molecule has 0 heteroatoms. The Morgan fingerprint density at radius 2 is 1.12 bits per heavy atom. The third kappa shape index (κ3) is 0.521. The minimum absolute atomic E-state index is 0.856. The van der Waals surface area contributed by atoms with E-state index in [1.54, 1.807) is 11.1 Å². The summed E-state index contributed by atoms with van der Waals surface area (Å²) in [6.07, 6.45) is 0. The van der Waals surface area contributed by atoms with E-state index in [-0.39, 0.29) is 0 Å². The first-order chi connectivity index (χ1) is 3.64. The third-order valence-electron chi connectivity index (χ3n) is 2.74. The minimum Gasteiger partial charge on any atom is -0.0707 e. The highest BCUT2D eigenvalue weighted by molar-refractivity contribution is 5.27. The Balaban J connectivity index is 2.74. The largest absolute Gasteiger partial charge is 0.0707 e. The summed E-state index contributed by atoms with van der Waals surface area (Å²) in [7, 11) is 0. The van der Waals surface area contributed by atoms with Crippen molar-refractivity contribution in [2.45, 2.75) is 27.7 Å². The Kier molecular flexibility index (Phi) is 1.18. The molecule has 0 fully saturated rings. The fourth-order valence-corrected chi connectivity index (χ4v) is 1.37. The lowest BCUT2D eigenvalue weighted by molar-refractivity contribution is 0.426. The molecule has 0 spiro atoms. The van der Waals surface area contributed by atoms with Crippen LogP contribution in [0.3, 0.4) is 0 Å². The molecule has 0 bridgehead atoms. The molecule has 1 aliphatic rings. The summed E-state index contributed by atoms with van der Waals surface area (Å²) in [5, 5.41) is 0. The molecule has 46 valence electrons. The van der Waals surface area contributed by atoms with Gasteiger partial charge in [0.1, 0.15) is 0 Å². The van der Waals surface area contributed by atoms with Gasteiger partial charge in [-0.3, -0.25) is 0 Å². The molecular formula is C8H14. The van der Waals surface area contributed by atoms with Gasteiger partial charge in [-0.15, -0.1) is 0 Å². The Morgan fingerprint density at radius 1 is 0.875 bits per heavy atom. The average molecular weight is 110 g/mol. The van der Waals surface area contributed by atoms with Crippen LogP contribution in [0.15, 0.2) is 11.1 Å². The van der Waals surface area contributed by atoms with E-state index < -0.39 is 0 Å². The number of hydrogen-bond acceptors (Lipinski definition) is 0. The normalized spacial score (nSPS) is 37.5. The molecule has 0 aliphatic heterocycles. The van der Waals surface area contributed by atoms with Gasteiger partial charge in [0.05, 0.1) is 0 Å². The summed E-state index contributed by atoms with van der Waals surface area (Å²) in [6, 6.07) is 0. The summed E-state index contributed by atoms with van der Waals surface area (Å²) in [4.78, 5) is 0. The molecule has 2 atom stereocenters. The first-order valence-corrected chi connectivity index (χ1v) is 3.32. The van der Waals surface area contributed by atoms with Crippen molar-refractivity contribution in [2.24, 2.45) is 11.8 Å². The van der Waals surface area contributed by atoms with E-state index in [4.69, 9.17) is 0 Å². The van der Waals surface area contributed by atoms with Gasteiger partial charge in [0.15, 0.2) is 0 Å². The van der Waals surface area contributed by atoms with Crippen LogP contribution in [0, 0.1) is 11.8 Å². The van der Waals surface area contributed by atoms with Crippen molar-refractivity contribution in [2.75, 3.05) is 0 Å². The molecule has 1 aliphatic carbocycles. The third-order valence-corrected chi connectivity index (χ3v) is 2.74. The second-order valence-electron chi connectivity index (χ2n) is 2.94. The predicted octanol–water partition coefficient (Wildman–Crippen LogP) is 2.61. The van der Waals surface area contributed by atoms with Crippen LogP contribution < -0.4 is 0 Å². The highest BCUT2D eigenvalue weighted by Crippen LogP contribution is 2.38. The zero-order valence-electron chi connectivity index (χ0n) is 6.15. The van der Waals surface area contributed by atoms with Crippen LogP contribution in [-0.4, -0.2) is 0 Å². The topological polar surface area (TPSA) is 0 Å². The zero-order valence-corrected chi connectivity index (χ0v) is 6.15. The molecule has 0 N–H and O–H groups in total. The van der Waals surface area contributed by atoms with Crippen molar-refractivity contribution in [1.29, 1.82) is 0 Å². The average Bonchev–Trinajstić information content (AvgIpc) is 1.83. The Morgan fingerprint density at radius 3 is 1.25 bits per heavy atom.